The van der Waals surface area contributed by atoms with Gasteiger partial charge < -0.3 is 14.6 Å². The number of aliphatic hydroxyl groups excluding tert-OH is 1. The number of esters is 2. The molecule has 0 rings (SSSR count). The monoisotopic (exact) mass is 536 g/mol. The van der Waals surface area contributed by atoms with Crippen LogP contribution in [0.2, 0.25) is 0 Å². The van der Waals surface area contributed by atoms with Crippen molar-refractivity contribution in [3.05, 3.63) is 24.3 Å². The molecule has 0 radical (unpaired) electrons. The van der Waals surface area contributed by atoms with Crippen LogP contribution in [0.1, 0.15) is 155 Å². The molecule has 38 heavy (non-hydrogen) atoms. The summed E-state index contributed by atoms with van der Waals surface area (Å²) >= 11 is 0. The van der Waals surface area contributed by atoms with E-state index in [1.54, 1.807) is 0 Å². The molecule has 0 aromatic heterocycles. The summed E-state index contributed by atoms with van der Waals surface area (Å²) in [5.41, 5.74) is 0. The molecule has 0 saturated carbocycles. The van der Waals surface area contributed by atoms with Crippen molar-refractivity contribution in [2.75, 3.05) is 13.2 Å². The predicted molar refractivity (Wildman–Crippen MR) is 159 cm³/mol. The Bertz CT molecular complexity index is 584. The number of carbonyl (C=O) groups excluding carboxylic acids is 2. The number of unbranched alkanes of at least 4 members (excludes halogenated alkanes) is 16. The van der Waals surface area contributed by atoms with Gasteiger partial charge in [-0.25, -0.2) is 0 Å². The summed E-state index contributed by atoms with van der Waals surface area (Å²) in [5.74, 6) is -0.615. The lowest BCUT2D eigenvalue weighted by molar-refractivity contribution is -0.161. The Hall–Kier alpha value is -1.62. The van der Waals surface area contributed by atoms with Crippen molar-refractivity contribution in [3.8, 4) is 0 Å². The van der Waals surface area contributed by atoms with Gasteiger partial charge in [-0.2, -0.15) is 0 Å². The van der Waals surface area contributed by atoms with E-state index in [1.165, 1.54) is 77.0 Å². The highest BCUT2D eigenvalue weighted by Crippen LogP contribution is 2.11. The van der Waals surface area contributed by atoms with Crippen LogP contribution in [0.5, 0.6) is 0 Å². The molecule has 0 aromatic carbocycles. The van der Waals surface area contributed by atoms with Gasteiger partial charge in [-0.3, -0.25) is 9.59 Å². The molecule has 0 fully saturated rings. The lowest BCUT2D eigenvalue weighted by Gasteiger charge is -2.15. The van der Waals surface area contributed by atoms with Gasteiger partial charge in [0.1, 0.15) is 6.61 Å². The van der Waals surface area contributed by atoms with Gasteiger partial charge in [0.05, 0.1) is 6.61 Å². The average Bonchev–Trinajstić information content (AvgIpc) is 2.92. The summed E-state index contributed by atoms with van der Waals surface area (Å²) in [7, 11) is 0. The zero-order valence-corrected chi connectivity index (χ0v) is 24.9. The molecule has 1 unspecified atom stereocenters. The molecular weight excluding hydrogens is 476 g/mol. The lowest BCUT2D eigenvalue weighted by atomic mass is 10.1. The van der Waals surface area contributed by atoms with Gasteiger partial charge in [0.2, 0.25) is 0 Å². The Morgan fingerprint density at radius 1 is 0.579 bits per heavy atom. The molecule has 0 amide bonds. The van der Waals surface area contributed by atoms with Crippen molar-refractivity contribution in [3.63, 3.8) is 0 Å². The first-order valence-corrected chi connectivity index (χ1v) is 15.9. The second-order valence-electron chi connectivity index (χ2n) is 10.5. The van der Waals surface area contributed by atoms with E-state index < -0.39 is 6.10 Å². The molecule has 0 bridgehead atoms. The zero-order valence-electron chi connectivity index (χ0n) is 24.9. The highest BCUT2D eigenvalue weighted by molar-refractivity contribution is 5.70. The van der Waals surface area contributed by atoms with Crippen LogP contribution >= 0.6 is 0 Å². The third-order valence-corrected chi connectivity index (χ3v) is 6.72. The number of rotatable bonds is 28. The normalized spacial score (nSPS) is 12.4. The van der Waals surface area contributed by atoms with Gasteiger partial charge in [-0.15, -0.1) is 0 Å². The van der Waals surface area contributed by atoms with E-state index in [2.05, 4.69) is 38.2 Å². The quantitative estimate of drug-likeness (QED) is 0.0613. The average molecular weight is 537 g/mol. The van der Waals surface area contributed by atoms with Crippen molar-refractivity contribution in [1.29, 1.82) is 0 Å². The summed E-state index contributed by atoms with van der Waals surface area (Å²) < 4.78 is 10.5. The van der Waals surface area contributed by atoms with E-state index in [9.17, 15) is 14.7 Å². The Kier molecular flexibility index (Phi) is 28.7. The number of hydrogen-bond donors (Lipinski definition) is 1. The maximum Gasteiger partial charge on any atom is 0.306 e. The van der Waals surface area contributed by atoms with E-state index in [4.69, 9.17) is 9.47 Å². The van der Waals surface area contributed by atoms with Crippen molar-refractivity contribution >= 4 is 11.9 Å². The summed E-state index contributed by atoms with van der Waals surface area (Å²) in [4.78, 5) is 24.0. The summed E-state index contributed by atoms with van der Waals surface area (Å²) in [6.45, 7) is 4.05. The standard InChI is InChI=1S/C33H60O5/c1-3-5-7-9-11-13-15-17-19-21-23-25-27-32(35)37-30-31(29-34)38-33(36)28-26-24-22-20-18-16-14-12-10-8-6-4-2/h11-14,31,34H,3-10,15-30H2,1-2H3/b13-11-,14-12-. The molecule has 5 heteroatoms. The first-order valence-electron chi connectivity index (χ1n) is 15.9. The van der Waals surface area contributed by atoms with Gasteiger partial charge in [-0.05, 0) is 64.2 Å². The topological polar surface area (TPSA) is 72.8 Å². The first-order chi connectivity index (χ1) is 18.6. The van der Waals surface area contributed by atoms with E-state index in [1.807, 2.05) is 0 Å². The van der Waals surface area contributed by atoms with E-state index in [-0.39, 0.29) is 25.2 Å². The first kappa shape index (κ1) is 36.4. The molecule has 5 nitrogen and oxygen atoms in total. The smallest absolute Gasteiger partial charge is 0.306 e. The summed E-state index contributed by atoms with van der Waals surface area (Å²) in [6, 6.07) is 0. The second kappa shape index (κ2) is 29.9. The van der Waals surface area contributed by atoms with Crippen LogP contribution in [0.4, 0.5) is 0 Å². The van der Waals surface area contributed by atoms with Crippen LogP contribution in [0, 0.1) is 0 Å². The highest BCUT2D eigenvalue weighted by atomic mass is 16.6. The van der Waals surface area contributed by atoms with Crippen LogP contribution in [0.25, 0.3) is 0 Å². The third-order valence-electron chi connectivity index (χ3n) is 6.72. The molecule has 222 valence electrons. The van der Waals surface area contributed by atoms with Crippen LogP contribution in [0.3, 0.4) is 0 Å². The van der Waals surface area contributed by atoms with Crippen LogP contribution in [0.15, 0.2) is 24.3 Å². The molecule has 0 saturated heterocycles. The fourth-order valence-corrected chi connectivity index (χ4v) is 4.25. The highest BCUT2D eigenvalue weighted by Gasteiger charge is 2.16. The largest absolute Gasteiger partial charge is 0.462 e. The number of carbonyl (C=O) groups is 2. The van der Waals surface area contributed by atoms with Gasteiger partial charge in [0, 0.05) is 12.8 Å². The summed E-state index contributed by atoms with van der Waals surface area (Å²) in [6.07, 6.45) is 32.2. The zero-order chi connectivity index (χ0) is 27.9. The van der Waals surface area contributed by atoms with Gasteiger partial charge >= 0.3 is 11.9 Å². The molecule has 1 N–H and O–H groups in total. The fraction of sp³-hybridized carbons (Fsp3) is 0.818. The Balaban J connectivity index is 3.62. The predicted octanol–water partition coefficient (Wildman–Crippen LogP) is 9.17. The SMILES string of the molecule is CCCCC/C=C\CCCCCCCC(=O)OCC(CO)OC(=O)CCCCCCC/C=C\CCCCC. The molecular formula is C33H60O5. The van der Waals surface area contributed by atoms with Crippen LogP contribution in [-0.4, -0.2) is 36.4 Å². The Morgan fingerprint density at radius 3 is 1.42 bits per heavy atom. The van der Waals surface area contributed by atoms with E-state index in [0.717, 1.165) is 51.4 Å². The van der Waals surface area contributed by atoms with Crippen molar-refractivity contribution in [2.24, 2.45) is 0 Å². The minimum absolute atomic E-state index is 0.0718. The maximum atomic E-state index is 12.0. The van der Waals surface area contributed by atoms with Crippen LogP contribution in [-0.2, 0) is 19.1 Å². The summed E-state index contributed by atoms with van der Waals surface area (Å²) in [5, 5.41) is 9.47. The second-order valence-corrected chi connectivity index (χ2v) is 10.5. The van der Waals surface area contributed by atoms with Gasteiger partial charge in [0.25, 0.3) is 0 Å². The number of ether oxygens (including phenoxy) is 2. The number of allylic oxidation sites excluding steroid dienone is 4. The Morgan fingerprint density at radius 2 is 0.974 bits per heavy atom. The molecule has 0 spiro atoms. The fourth-order valence-electron chi connectivity index (χ4n) is 4.25. The number of aliphatic hydroxyl groups is 1. The van der Waals surface area contributed by atoms with Crippen molar-refractivity contribution in [1.82, 2.24) is 0 Å². The van der Waals surface area contributed by atoms with E-state index >= 15 is 0 Å². The van der Waals surface area contributed by atoms with Gasteiger partial charge in [0.15, 0.2) is 6.10 Å². The molecule has 0 aliphatic heterocycles. The molecule has 1 atom stereocenters. The van der Waals surface area contributed by atoms with Crippen molar-refractivity contribution < 1.29 is 24.2 Å². The minimum Gasteiger partial charge on any atom is -0.462 e. The lowest BCUT2D eigenvalue weighted by Crippen LogP contribution is -2.28. The minimum atomic E-state index is -0.773. The molecule has 0 aliphatic carbocycles. The molecule has 0 aliphatic rings. The van der Waals surface area contributed by atoms with Gasteiger partial charge in [-0.1, -0.05) is 102 Å². The van der Waals surface area contributed by atoms with Crippen LogP contribution < -0.4 is 0 Å². The third kappa shape index (κ3) is 27.4. The maximum absolute atomic E-state index is 12.0. The van der Waals surface area contributed by atoms with Crippen molar-refractivity contribution in [2.45, 2.75) is 161 Å². The van der Waals surface area contributed by atoms with E-state index in [0.29, 0.717) is 12.8 Å². The number of hydrogen-bond acceptors (Lipinski definition) is 5. The Labute approximate surface area is 234 Å². The molecule has 0 heterocycles. The molecule has 0 aromatic rings.